The predicted molar refractivity (Wildman–Crippen MR) is 116 cm³/mol. The SMILES string of the molecule is COc1ccc2c(c1)CC[C@@H]1[C@@H]2CC[C@]2(C)[C@H](NCc3cccc(O)c3)CC[C@@H]12. The number of nitrogens with one attached hydrogen (secondary N) is 1. The van der Waals surface area contributed by atoms with Gasteiger partial charge in [-0.25, -0.2) is 0 Å². The van der Waals surface area contributed by atoms with Crippen LogP contribution in [0.3, 0.4) is 0 Å². The largest absolute Gasteiger partial charge is 0.508 e. The molecular formula is C26H33NO2. The molecule has 0 amide bonds. The number of hydrogen-bond donors (Lipinski definition) is 2. The highest BCUT2D eigenvalue weighted by atomic mass is 16.5. The summed E-state index contributed by atoms with van der Waals surface area (Å²) in [5.41, 5.74) is 4.68. The molecule has 0 heterocycles. The lowest BCUT2D eigenvalue weighted by Gasteiger charge is -2.51. The Morgan fingerprint density at radius 1 is 1.10 bits per heavy atom. The second-order valence-corrected chi connectivity index (χ2v) is 9.71. The molecule has 2 fully saturated rings. The van der Waals surface area contributed by atoms with Crippen LogP contribution in [0.1, 0.15) is 61.6 Å². The second kappa shape index (κ2) is 7.36. The number of methoxy groups -OCH3 is 1. The number of phenolic OH excluding ortho intramolecular Hbond substituents is 1. The average molecular weight is 392 g/mol. The van der Waals surface area contributed by atoms with Crippen molar-refractivity contribution in [3.05, 3.63) is 59.2 Å². The fourth-order valence-corrected chi connectivity index (χ4v) is 6.93. The van der Waals surface area contributed by atoms with Crippen LogP contribution in [0, 0.1) is 17.3 Å². The van der Waals surface area contributed by atoms with Crippen molar-refractivity contribution in [2.75, 3.05) is 7.11 Å². The molecule has 5 atom stereocenters. The molecule has 0 aliphatic heterocycles. The summed E-state index contributed by atoms with van der Waals surface area (Å²) in [6.45, 7) is 3.39. The van der Waals surface area contributed by atoms with Gasteiger partial charge in [0.2, 0.25) is 0 Å². The third kappa shape index (κ3) is 3.24. The lowest BCUT2D eigenvalue weighted by atomic mass is 9.55. The molecule has 0 radical (unpaired) electrons. The van der Waals surface area contributed by atoms with E-state index in [0.717, 1.165) is 30.0 Å². The Hall–Kier alpha value is -2.00. The van der Waals surface area contributed by atoms with E-state index in [0.29, 0.717) is 17.2 Å². The van der Waals surface area contributed by atoms with E-state index in [-0.39, 0.29) is 0 Å². The van der Waals surface area contributed by atoms with E-state index in [1.54, 1.807) is 18.7 Å². The minimum Gasteiger partial charge on any atom is -0.508 e. The fourth-order valence-electron chi connectivity index (χ4n) is 6.93. The molecule has 154 valence electrons. The van der Waals surface area contributed by atoms with Crippen molar-refractivity contribution in [2.45, 2.75) is 64.0 Å². The highest BCUT2D eigenvalue weighted by Gasteiger charge is 2.54. The molecule has 2 aromatic rings. The summed E-state index contributed by atoms with van der Waals surface area (Å²) in [6.07, 6.45) is 7.76. The van der Waals surface area contributed by atoms with Crippen LogP contribution >= 0.6 is 0 Å². The van der Waals surface area contributed by atoms with E-state index in [9.17, 15) is 5.11 Å². The highest BCUT2D eigenvalue weighted by molar-refractivity contribution is 5.40. The van der Waals surface area contributed by atoms with Gasteiger partial charge in [-0.15, -0.1) is 0 Å². The van der Waals surface area contributed by atoms with Crippen molar-refractivity contribution < 1.29 is 9.84 Å². The first-order chi connectivity index (χ1) is 14.1. The van der Waals surface area contributed by atoms with Gasteiger partial charge in [0.15, 0.2) is 0 Å². The first kappa shape index (κ1) is 19.0. The molecule has 2 N–H and O–H groups in total. The number of fused-ring (bicyclic) bond motifs is 5. The van der Waals surface area contributed by atoms with Gasteiger partial charge in [-0.05, 0) is 103 Å². The highest BCUT2D eigenvalue weighted by Crippen LogP contribution is 2.61. The summed E-state index contributed by atoms with van der Waals surface area (Å²) in [6, 6.07) is 15.0. The summed E-state index contributed by atoms with van der Waals surface area (Å²) in [7, 11) is 1.77. The second-order valence-electron chi connectivity index (χ2n) is 9.71. The maximum Gasteiger partial charge on any atom is 0.119 e. The topological polar surface area (TPSA) is 41.5 Å². The van der Waals surface area contributed by atoms with E-state index in [2.05, 4.69) is 36.5 Å². The van der Waals surface area contributed by atoms with Gasteiger partial charge in [0, 0.05) is 12.6 Å². The zero-order valence-corrected chi connectivity index (χ0v) is 17.7. The number of rotatable bonds is 4. The minimum absolute atomic E-state index is 0.359. The molecule has 3 aliphatic rings. The van der Waals surface area contributed by atoms with Gasteiger partial charge in [0.25, 0.3) is 0 Å². The predicted octanol–water partition coefficient (Wildman–Crippen LogP) is 5.42. The summed E-state index contributed by atoms with van der Waals surface area (Å²) < 4.78 is 5.46. The molecule has 2 saturated carbocycles. The Balaban J connectivity index is 1.33. The van der Waals surface area contributed by atoms with Crippen LogP contribution in [0.5, 0.6) is 11.5 Å². The number of hydrogen-bond acceptors (Lipinski definition) is 3. The fraction of sp³-hybridized carbons (Fsp3) is 0.538. The zero-order chi connectivity index (χ0) is 20.0. The van der Waals surface area contributed by atoms with E-state index in [4.69, 9.17) is 4.74 Å². The number of benzene rings is 2. The van der Waals surface area contributed by atoms with Gasteiger partial charge in [-0.3, -0.25) is 0 Å². The van der Waals surface area contributed by atoms with Gasteiger partial charge in [-0.2, -0.15) is 0 Å². The van der Waals surface area contributed by atoms with Crippen molar-refractivity contribution in [3.8, 4) is 11.5 Å². The lowest BCUT2D eigenvalue weighted by Crippen LogP contribution is -2.48. The molecule has 0 saturated heterocycles. The Bertz CT molecular complexity index is 894. The van der Waals surface area contributed by atoms with Gasteiger partial charge < -0.3 is 15.2 Å². The van der Waals surface area contributed by atoms with Crippen LogP contribution in [0.15, 0.2) is 42.5 Å². The zero-order valence-electron chi connectivity index (χ0n) is 17.7. The molecule has 0 bridgehead atoms. The third-order valence-corrected chi connectivity index (χ3v) is 8.40. The number of aryl methyl sites for hydroxylation is 1. The van der Waals surface area contributed by atoms with Gasteiger partial charge >= 0.3 is 0 Å². The van der Waals surface area contributed by atoms with Crippen molar-refractivity contribution in [3.63, 3.8) is 0 Å². The molecule has 3 nitrogen and oxygen atoms in total. The Labute approximate surface area is 174 Å². The van der Waals surface area contributed by atoms with Gasteiger partial charge in [-0.1, -0.05) is 25.1 Å². The van der Waals surface area contributed by atoms with Crippen LogP contribution in [-0.4, -0.2) is 18.3 Å². The molecule has 0 spiro atoms. The van der Waals surface area contributed by atoms with Crippen LogP contribution < -0.4 is 10.1 Å². The van der Waals surface area contributed by atoms with Crippen LogP contribution in [0.25, 0.3) is 0 Å². The van der Waals surface area contributed by atoms with Crippen LogP contribution in [-0.2, 0) is 13.0 Å². The summed E-state index contributed by atoms with van der Waals surface area (Å²) in [5.74, 6) is 3.73. The van der Waals surface area contributed by atoms with Gasteiger partial charge in [0.05, 0.1) is 7.11 Å². The first-order valence-corrected chi connectivity index (χ1v) is 11.3. The number of ether oxygens (including phenoxy) is 1. The van der Waals surface area contributed by atoms with E-state index in [1.807, 2.05) is 12.1 Å². The Morgan fingerprint density at radius 2 is 2.00 bits per heavy atom. The summed E-state index contributed by atoms with van der Waals surface area (Å²) in [5, 5.41) is 13.6. The number of phenols is 1. The van der Waals surface area contributed by atoms with E-state index < -0.39 is 0 Å². The van der Waals surface area contributed by atoms with Crippen molar-refractivity contribution in [1.82, 2.24) is 5.32 Å². The molecule has 2 aromatic carbocycles. The van der Waals surface area contributed by atoms with E-state index in [1.165, 1.54) is 49.7 Å². The van der Waals surface area contributed by atoms with Crippen LogP contribution in [0.4, 0.5) is 0 Å². The quantitative estimate of drug-likeness (QED) is 0.732. The van der Waals surface area contributed by atoms with Gasteiger partial charge in [0.1, 0.15) is 11.5 Å². The smallest absolute Gasteiger partial charge is 0.119 e. The molecule has 0 aromatic heterocycles. The molecule has 5 rings (SSSR count). The lowest BCUT2D eigenvalue weighted by molar-refractivity contribution is 0.0408. The summed E-state index contributed by atoms with van der Waals surface area (Å²) >= 11 is 0. The maximum absolute atomic E-state index is 9.75. The third-order valence-electron chi connectivity index (χ3n) is 8.40. The van der Waals surface area contributed by atoms with E-state index >= 15 is 0 Å². The maximum atomic E-state index is 9.75. The van der Waals surface area contributed by atoms with Crippen molar-refractivity contribution in [2.24, 2.45) is 17.3 Å². The average Bonchev–Trinajstić information content (AvgIpc) is 3.08. The number of aromatic hydroxyl groups is 1. The van der Waals surface area contributed by atoms with Crippen LogP contribution in [0.2, 0.25) is 0 Å². The molecule has 29 heavy (non-hydrogen) atoms. The molecule has 3 aliphatic carbocycles. The molecule has 0 unspecified atom stereocenters. The monoisotopic (exact) mass is 391 g/mol. The normalized spacial score (nSPS) is 32.9. The Morgan fingerprint density at radius 3 is 2.83 bits per heavy atom. The molecule has 3 heteroatoms. The molecular weight excluding hydrogens is 358 g/mol. The van der Waals surface area contributed by atoms with Crippen molar-refractivity contribution in [1.29, 1.82) is 0 Å². The summed E-state index contributed by atoms with van der Waals surface area (Å²) in [4.78, 5) is 0. The van der Waals surface area contributed by atoms with Crippen molar-refractivity contribution >= 4 is 0 Å². The minimum atomic E-state index is 0.359. The first-order valence-electron chi connectivity index (χ1n) is 11.3. The standard InChI is InChI=1S/C26H33NO2/c1-26-13-12-22-21-9-7-20(29-2)15-18(21)6-8-23(22)24(26)10-11-25(26)27-16-17-4-3-5-19(28)14-17/h3-5,7,9,14-15,22-25,27-28H,6,8,10-13,16H2,1-2H3/t22-,23-,24+,25-,26+/m1/s1. The Kier molecular flexibility index (Phi) is 4.82.